The molecule has 1 aromatic carbocycles. The molecular weight excluding hydrogens is 265 g/mol. The molecule has 0 amide bonds. The Bertz CT molecular complexity index is 407. The fourth-order valence-electron chi connectivity index (χ4n) is 2.51. The van der Waals surface area contributed by atoms with Crippen molar-refractivity contribution in [2.75, 3.05) is 13.2 Å². The van der Waals surface area contributed by atoms with Crippen molar-refractivity contribution in [1.29, 1.82) is 0 Å². The van der Waals surface area contributed by atoms with Gasteiger partial charge in [-0.3, -0.25) is 0 Å². The molecule has 2 nitrogen and oxygen atoms in total. The minimum atomic E-state index is -0.361. The first-order valence-corrected chi connectivity index (χ1v) is 7.37. The second-order valence-electron chi connectivity index (χ2n) is 5.06. The molecule has 1 heterocycles. The van der Waals surface area contributed by atoms with E-state index >= 15 is 0 Å². The van der Waals surface area contributed by atoms with Gasteiger partial charge in [0.2, 0.25) is 0 Å². The van der Waals surface area contributed by atoms with Crippen LogP contribution in [0.15, 0.2) is 18.2 Å². The summed E-state index contributed by atoms with van der Waals surface area (Å²) in [4.78, 5) is 0. The van der Waals surface area contributed by atoms with E-state index in [1.54, 1.807) is 12.1 Å². The summed E-state index contributed by atoms with van der Waals surface area (Å²) >= 11 is 5.83. The quantitative estimate of drug-likeness (QED) is 0.863. The molecular formula is C15H21ClFNO. The lowest BCUT2D eigenvalue weighted by Crippen LogP contribution is -2.41. The molecule has 2 atom stereocenters. The van der Waals surface area contributed by atoms with Gasteiger partial charge in [0.05, 0.1) is 11.1 Å². The Morgan fingerprint density at radius 2 is 2.37 bits per heavy atom. The number of rotatable bonds is 6. The number of hydrogen-bond donors (Lipinski definition) is 1. The van der Waals surface area contributed by atoms with E-state index in [0.717, 1.165) is 44.4 Å². The van der Waals surface area contributed by atoms with E-state index in [0.29, 0.717) is 0 Å². The van der Waals surface area contributed by atoms with Crippen LogP contribution in [0.5, 0.6) is 0 Å². The van der Waals surface area contributed by atoms with Crippen molar-refractivity contribution >= 4 is 11.6 Å². The van der Waals surface area contributed by atoms with Gasteiger partial charge in [0.15, 0.2) is 0 Å². The predicted octanol–water partition coefficient (Wildman–Crippen LogP) is 3.57. The summed E-state index contributed by atoms with van der Waals surface area (Å²) in [5.41, 5.74) is 1.05. The summed E-state index contributed by atoms with van der Waals surface area (Å²) in [5.74, 6) is -0.361. The van der Waals surface area contributed by atoms with Gasteiger partial charge in [-0.15, -0.1) is 0 Å². The first-order valence-electron chi connectivity index (χ1n) is 6.99. The van der Waals surface area contributed by atoms with Gasteiger partial charge < -0.3 is 10.1 Å². The lowest BCUT2D eigenvalue weighted by Gasteiger charge is -2.24. The smallest absolute Gasteiger partial charge is 0.141 e. The van der Waals surface area contributed by atoms with E-state index in [9.17, 15) is 4.39 Å². The number of hydrogen-bond acceptors (Lipinski definition) is 2. The van der Waals surface area contributed by atoms with Crippen molar-refractivity contribution < 1.29 is 9.13 Å². The van der Waals surface area contributed by atoms with E-state index in [-0.39, 0.29) is 23.0 Å². The number of ether oxygens (including phenoxy) is 1. The lowest BCUT2D eigenvalue weighted by atomic mass is 9.99. The van der Waals surface area contributed by atoms with E-state index in [2.05, 4.69) is 12.2 Å². The summed E-state index contributed by atoms with van der Waals surface area (Å²) in [6, 6.07) is 5.23. The highest BCUT2D eigenvalue weighted by Crippen LogP contribution is 2.21. The molecule has 0 saturated carbocycles. The van der Waals surface area contributed by atoms with Gasteiger partial charge in [0, 0.05) is 12.6 Å². The van der Waals surface area contributed by atoms with Gasteiger partial charge in [0.1, 0.15) is 5.82 Å². The highest BCUT2D eigenvalue weighted by atomic mass is 35.5. The van der Waals surface area contributed by atoms with Crippen molar-refractivity contribution in [2.24, 2.45) is 0 Å². The maximum absolute atomic E-state index is 13.2. The molecule has 0 aliphatic carbocycles. The second-order valence-corrected chi connectivity index (χ2v) is 5.47. The van der Waals surface area contributed by atoms with Crippen LogP contribution in [0.4, 0.5) is 4.39 Å². The second kappa shape index (κ2) is 7.22. The Morgan fingerprint density at radius 1 is 1.53 bits per heavy atom. The third-order valence-electron chi connectivity index (χ3n) is 3.51. The Balaban J connectivity index is 2.03. The van der Waals surface area contributed by atoms with Gasteiger partial charge in [0.25, 0.3) is 0 Å². The minimum absolute atomic E-state index is 0.194. The Hall–Kier alpha value is -0.640. The molecule has 1 aromatic rings. The molecule has 1 aliphatic heterocycles. The first-order chi connectivity index (χ1) is 9.20. The fourth-order valence-corrected chi connectivity index (χ4v) is 2.71. The molecule has 1 saturated heterocycles. The van der Waals surface area contributed by atoms with Gasteiger partial charge in [-0.05, 0) is 49.9 Å². The van der Waals surface area contributed by atoms with Gasteiger partial charge in [-0.2, -0.15) is 0 Å². The predicted molar refractivity (Wildman–Crippen MR) is 76.2 cm³/mol. The van der Waals surface area contributed by atoms with Crippen LogP contribution in [0.25, 0.3) is 0 Å². The molecule has 0 radical (unpaired) electrons. The molecule has 2 unspecified atom stereocenters. The minimum Gasteiger partial charge on any atom is -0.377 e. The molecule has 4 heteroatoms. The van der Waals surface area contributed by atoms with Crippen molar-refractivity contribution in [2.45, 2.75) is 44.8 Å². The average molecular weight is 286 g/mol. The molecule has 0 spiro atoms. The Morgan fingerprint density at radius 3 is 3.00 bits per heavy atom. The first kappa shape index (κ1) is 14.8. The van der Waals surface area contributed by atoms with Gasteiger partial charge in [-0.1, -0.05) is 24.6 Å². The number of nitrogens with one attached hydrogen (secondary N) is 1. The third kappa shape index (κ3) is 4.16. The summed E-state index contributed by atoms with van der Waals surface area (Å²) < 4.78 is 18.9. The third-order valence-corrected chi connectivity index (χ3v) is 3.80. The number of benzene rings is 1. The maximum Gasteiger partial charge on any atom is 0.141 e. The zero-order valence-corrected chi connectivity index (χ0v) is 12.0. The maximum atomic E-state index is 13.2. The molecule has 2 rings (SSSR count). The average Bonchev–Trinajstić information content (AvgIpc) is 2.92. The zero-order valence-electron chi connectivity index (χ0n) is 11.3. The standard InChI is InChI=1S/C15H21ClFNO/c1-2-7-18-14(15-4-3-8-19-15)10-11-5-6-13(17)12(16)9-11/h5-6,9,14-15,18H,2-4,7-8,10H2,1H3. The summed E-state index contributed by atoms with van der Waals surface area (Å²) in [5, 5.41) is 3.73. The molecule has 0 bridgehead atoms. The molecule has 1 aliphatic rings. The van der Waals surface area contributed by atoms with Crippen LogP contribution in [0, 0.1) is 5.82 Å². The van der Waals surface area contributed by atoms with Crippen LogP contribution in [0.3, 0.4) is 0 Å². The normalized spacial score (nSPS) is 20.7. The summed E-state index contributed by atoms with van der Waals surface area (Å²) in [6.45, 7) is 3.97. The van der Waals surface area contributed by atoms with E-state index < -0.39 is 0 Å². The van der Waals surface area contributed by atoms with Crippen molar-refractivity contribution in [3.05, 3.63) is 34.6 Å². The van der Waals surface area contributed by atoms with Crippen LogP contribution < -0.4 is 5.32 Å². The Labute approximate surface area is 119 Å². The summed E-state index contributed by atoms with van der Waals surface area (Å²) in [6.07, 6.45) is 4.39. The van der Waals surface area contributed by atoms with Crippen LogP contribution in [0.2, 0.25) is 5.02 Å². The van der Waals surface area contributed by atoms with Crippen molar-refractivity contribution in [3.8, 4) is 0 Å². The number of halogens is 2. The molecule has 0 aromatic heterocycles. The van der Waals surface area contributed by atoms with Crippen molar-refractivity contribution in [1.82, 2.24) is 5.32 Å². The van der Waals surface area contributed by atoms with E-state index in [1.165, 1.54) is 6.07 Å². The van der Waals surface area contributed by atoms with E-state index in [1.807, 2.05) is 0 Å². The largest absolute Gasteiger partial charge is 0.377 e. The highest BCUT2D eigenvalue weighted by Gasteiger charge is 2.25. The van der Waals surface area contributed by atoms with Crippen LogP contribution >= 0.6 is 11.6 Å². The SMILES string of the molecule is CCCNC(Cc1ccc(F)c(Cl)c1)C1CCCO1. The topological polar surface area (TPSA) is 21.3 Å². The fraction of sp³-hybridized carbons (Fsp3) is 0.600. The molecule has 106 valence electrons. The van der Waals surface area contributed by atoms with Crippen LogP contribution in [0.1, 0.15) is 31.7 Å². The van der Waals surface area contributed by atoms with Gasteiger partial charge >= 0.3 is 0 Å². The molecule has 19 heavy (non-hydrogen) atoms. The lowest BCUT2D eigenvalue weighted by molar-refractivity contribution is 0.0784. The monoisotopic (exact) mass is 285 g/mol. The van der Waals surface area contributed by atoms with Gasteiger partial charge in [-0.25, -0.2) is 4.39 Å². The van der Waals surface area contributed by atoms with Crippen LogP contribution in [-0.4, -0.2) is 25.3 Å². The Kier molecular flexibility index (Phi) is 5.61. The van der Waals surface area contributed by atoms with Crippen LogP contribution in [-0.2, 0) is 11.2 Å². The highest BCUT2D eigenvalue weighted by molar-refractivity contribution is 6.30. The summed E-state index contributed by atoms with van der Waals surface area (Å²) in [7, 11) is 0. The van der Waals surface area contributed by atoms with Crippen molar-refractivity contribution in [3.63, 3.8) is 0 Å². The molecule has 1 fully saturated rings. The zero-order chi connectivity index (χ0) is 13.7. The molecule has 1 N–H and O–H groups in total. The van der Waals surface area contributed by atoms with E-state index in [4.69, 9.17) is 16.3 Å².